The summed E-state index contributed by atoms with van der Waals surface area (Å²) < 4.78 is 2.78. The van der Waals surface area contributed by atoms with E-state index < -0.39 is 0 Å². The summed E-state index contributed by atoms with van der Waals surface area (Å²) in [5.74, 6) is 0. The quantitative estimate of drug-likeness (QED) is 0.803. The maximum atomic E-state index is 9.04. The third-order valence-electron chi connectivity index (χ3n) is 2.46. The van der Waals surface area contributed by atoms with Gasteiger partial charge in [-0.15, -0.1) is 0 Å². The fraction of sp³-hybridized carbons (Fsp3) is 0.167. The highest BCUT2D eigenvalue weighted by Gasteiger charge is 2.12. The number of hydrogen-bond donors (Lipinski definition) is 0. The smallest absolute Gasteiger partial charge is 0.101 e. The van der Waals surface area contributed by atoms with Crippen LogP contribution in [-0.4, -0.2) is 9.78 Å². The summed E-state index contributed by atoms with van der Waals surface area (Å²) in [7, 11) is 0. The zero-order valence-electron chi connectivity index (χ0n) is 9.03. The van der Waals surface area contributed by atoms with Crippen LogP contribution in [0.5, 0.6) is 0 Å². The van der Waals surface area contributed by atoms with Crippen LogP contribution in [0.15, 0.2) is 28.7 Å². The molecule has 0 saturated carbocycles. The van der Waals surface area contributed by atoms with Gasteiger partial charge < -0.3 is 0 Å². The lowest BCUT2D eigenvalue weighted by Gasteiger charge is -2.05. The average molecular weight is 276 g/mol. The van der Waals surface area contributed by atoms with E-state index >= 15 is 0 Å². The van der Waals surface area contributed by atoms with Gasteiger partial charge in [-0.1, -0.05) is 12.1 Å². The van der Waals surface area contributed by atoms with Gasteiger partial charge in [0.1, 0.15) is 6.07 Å². The zero-order valence-corrected chi connectivity index (χ0v) is 10.6. The molecule has 0 atom stereocenters. The van der Waals surface area contributed by atoms with Gasteiger partial charge in [0, 0.05) is 0 Å². The first-order valence-corrected chi connectivity index (χ1v) is 5.65. The van der Waals surface area contributed by atoms with Crippen molar-refractivity contribution < 1.29 is 0 Å². The van der Waals surface area contributed by atoms with E-state index in [1.165, 1.54) is 0 Å². The van der Waals surface area contributed by atoms with Crippen LogP contribution in [0.2, 0.25) is 0 Å². The number of nitriles is 1. The summed E-state index contributed by atoms with van der Waals surface area (Å²) >= 11 is 3.48. The lowest BCUT2D eigenvalue weighted by Crippen LogP contribution is -2.01. The molecule has 0 radical (unpaired) electrons. The summed E-state index contributed by atoms with van der Waals surface area (Å²) in [6, 6.07) is 9.61. The van der Waals surface area contributed by atoms with Gasteiger partial charge in [0.15, 0.2) is 0 Å². The minimum absolute atomic E-state index is 0.626. The van der Waals surface area contributed by atoms with Crippen molar-refractivity contribution in [2.45, 2.75) is 13.8 Å². The monoisotopic (exact) mass is 275 g/mol. The van der Waals surface area contributed by atoms with Gasteiger partial charge in [-0.05, 0) is 41.9 Å². The molecule has 0 amide bonds. The fourth-order valence-electron chi connectivity index (χ4n) is 1.61. The highest BCUT2D eigenvalue weighted by Crippen LogP contribution is 2.24. The second-order valence-corrected chi connectivity index (χ2v) is 4.32. The van der Waals surface area contributed by atoms with Crippen molar-refractivity contribution in [1.82, 2.24) is 9.78 Å². The van der Waals surface area contributed by atoms with Crippen molar-refractivity contribution in [3.8, 4) is 11.8 Å². The van der Waals surface area contributed by atoms with Crippen LogP contribution < -0.4 is 0 Å². The Bertz CT molecular complexity index is 578. The average Bonchev–Trinajstić information content (AvgIpc) is 2.57. The third-order valence-corrected chi connectivity index (χ3v) is 3.60. The van der Waals surface area contributed by atoms with E-state index in [1.54, 1.807) is 10.7 Å². The summed E-state index contributed by atoms with van der Waals surface area (Å²) in [5.41, 5.74) is 3.36. The van der Waals surface area contributed by atoms with Crippen molar-refractivity contribution in [1.29, 1.82) is 5.26 Å². The van der Waals surface area contributed by atoms with Crippen LogP contribution >= 0.6 is 15.9 Å². The van der Waals surface area contributed by atoms with Gasteiger partial charge in [-0.25, -0.2) is 4.68 Å². The largest absolute Gasteiger partial charge is 0.235 e. The summed E-state index contributed by atoms with van der Waals surface area (Å²) in [6.45, 7) is 3.90. The number of hydrogen-bond acceptors (Lipinski definition) is 2. The Morgan fingerprint density at radius 2 is 2.00 bits per heavy atom. The van der Waals surface area contributed by atoms with Crippen molar-refractivity contribution in [2.24, 2.45) is 0 Å². The molecule has 1 aromatic carbocycles. The third kappa shape index (κ3) is 1.63. The van der Waals surface area contributed by atoms with Gasteiger partial charge in [0.05, 0.1) is 27.1 Å². The van der Waals surface area contributed by atoms with E-state index in [4.69, 9.17) is 5.26 Å². The minimum atomic E-state index is 0.626. The van der Waals surface area contributed by atoms with Crippen LogP contribution in [0.3, 0.4) is 0 Å². The first-order chi connectivity index (χ1) is 7.65. The summed E-state index contributed by atoms with van der Waals surface area (Å²) in [4.78, 5) is 0. The van der Waals surface area contributed by atoms with Crippen LogP contribution in [0, 0.1) is 25.2 Å². The first-order valence-electron chi connectivity index (χ1n) is 4.86. The molecular formula is C12H10BrN3. The first kappa shape index (κ1) is 10.9. The molecule has 0 bridgehead atoms. The second-order valence-electron chi connectivity index (χ2n) is 3.53. The van der Waals surface area contributed by atoms with E-state index in [0.29, 0.717) is 5.56 Å². The molecule has 16 heavy (non-hydrogen) atoms. The Labute approximate surface area is 102 Å². The Balaban J connectivity index is 2.69. The second kappa shape index (κ2) is 4.11. The number of para-hydroxylation sites is 1. The molecule has 1 aromatic heterocycles. The predicted octanol–water partition coefficient (Wildman–Crippen LogP) is 3.12. The van der Waals surface area contributed by atoms with E-state index in [1.807, 2.05) is 32.0 Å². The van der Waals surface area contributed by atoms with E-state index in [2.05, 4.69) is 27.1 Å². The maximum absolute atomic E-state index is 9.04. The van der Waals surface area contributed by atoms with Crippen molar-refractivity contribution >= 4 is 15.9 Å². The molecule has 0 aliphatic carbocycles. The van der Waals surface area contributed by atoms with Crippen LogP contribution in [0.4, 0.5) is 0 Å². The predicted molar refractivity (Wildman–Crippen MR) is 65.5 cm³/mol. The zero-order chi connectivity index (χ0) is 11.7. The molecule has 2 aromatic rings. The Morgan fingerprint density at radius 1 is 1.31 bits per heavy atom. The summed E-state index contributed by atoms with van der Waals surface area (Å²) in [6.07, 6.45) is 0. The number of nitrogens with zero attached hydrogens (tertiary/aromatic N) is 3. The Kier molecular flexibility index (Phi) is 2.80. The number of benzene rings is 1. The normalized spacial score (nSPS) is 10.1. The summed E-state index contributed by atoms with van der Waals surface area (Å²) in [5, 5.41) is 13.5. The number of aryl methyl sites for hydroxylation is 1. The Morgan fingerprint density at radius 3 is 2.56 bits per heavy atom. The minimum Gasteiger partial charge on any atom is -0.235 e. The van der Waals surface area contributed by atoms with E-state index in [-0.39, 0.29) is 0 Å². The molecule has 80 valence electrons. The van der Waals surface area contributed by atoms with E-state index in [9.17, 15) is 0 Å². The fourth-order valence-corrected chi connectivity index (χ4v) is 1.86. The van der Waals surface area contributed by atoms with Crippen LogP contribution in [0.1, 0.15) is 17.0 Å². The topological polar surface area (TPSA) is 41.6 Å². The molecule has 2 rings (SSSR count). The molecule has 0 saturated heterocycles. The van der Waals surface area contributed by atoms with Crippen LogP contribution in [-0.2, 0) is 0 Å². The molecule has 0 N–H and O–H groups in total. The van der Waals surface area contributed by atoms with Crippen molar-refractivity contribution in [3.63, 3.8) is 0 Å². The van der Waals surface area contributed by atoms with Crippen LogP contribution in [0.25, 0.3) is 5.69 Å². The number of rotatable bonds is 1. The standard InChI is InChI=1S/C12H10BrN3/c1-8-12(13)9(2)16(15-8)11-6-4-3-5-10(11)7-14/h3-6H,1-2H3. The van der Waals surface area contributed by atoms with E-state index in [0.717, 1.165) is 21.5 Å². The molecule has 0 spiro atoms. The Hall–Kier alpha value is -1.60. The molecule has 3 nitrogen and oxygen atoms in total. The molecule has 1 heterocycles. The molecular weight excluding hydrogens is 266 g/mol. The number of halogens is 1. The highest BCUT2D eigenvalue weighted by atomic mass is 79.9. The maximum Gasteiger partial charge on any atom is 0.101 e. The lowest BCUT2D eigenvalue weighted by atomic mass is 10.2. The molecule has 0 unspecified atom stereocenters. The van der Waals surface area contributed by atoms with Gasteiger partial charge in [-0.2, -0.15) is 10.4 Å². The van der Waals surface area contributed by atoms with Gasteiger partial charge >= 0.3 is 0 Å². The van der Waals surface area contributed by atoms with Gasteiger partial charge in [-0.3, -0.25) is 0 Å². The molecule has 4 heteroatoms. The van der Waals surface area contributed by atoms with Gasteiger partial charge in [0.2, 0.25) is 0 Å². The van der Waals surface area contributed by atoms with Crippen molar-refractivity contribution in [2.75, 3.05) is 0 Å². The van der Waals surface area contributed by atoms with Gasteiger partial charge in [0.25, 0.3) is 0 Å². The molecule has 0 fully saturated rings. The molecule has 0 aliphatic heterocycles. The SMILES string of the molecule is Cc1nn(-c2ccccc2C#N)c(C)c1Br. The van der Waals surface area contributed by atoms with Crippen molar-refractivity contribution in [3.05, 3.63) is 45.7 Å². The number of aromatic nitrogens is 2. The highest BCUT2D eigenvalue weighted by molar-refractivity contribution is 9.10. The molecule has 0 aliphatic rings. The lowest BCUT2D eigenvalue weighted by molar-refractivity contribution is 0.831.